The topological polar surface area (TPSA) is 58.4 Å². The molecule has 2 saturated heterocycles. The lowest BCUT2D eigenvalue weighted by atomic mass is 9.70. The van der Waals surface area contributed by atoms with E-state index in [4.69, 9.17) is 0 Å². The van der Waals surface area contributed by atoms with Crippen molar-refractivity contribution >= 4 is 5.91 Å². The van der Waals surface area contributed by atoms with E-state index in [1.807, 2.05) is 42.8 Å². The highest BCUT2D eigenvalue weighted by atomic mass is 16.3. The molecule has 0 unspecified atom stereocenters. The summed E-state index contributed by atoms with van der Waals surface area (Å²) in [5.74, 6) is 0.207. The van der Waals surface area contributed by atoms with E-state index in [9.17, 15) is 9.90 Å². The molecule has 1 aromatic carbocycles. The summed E-state index contributed by atoms with van der Waals surface area (Å²) in [6.07, 6.45) is 4.29. The molecule has 5 nitrogen and oxygen atoms in total. The van der Waals surface area contributed by atoms with Gasteiger partial charge in [0.25, 0.3) is 0 Å². The van der Waals surface area contributed by atoms with Gasteiger partial charge in [0.05, 0.1) is 12.3 Å². The van der Waals surface area contributed by atoms with Crippen LogP contribution >= 0.6 is 0 Å². The summed E-state index contributed by atoms with van der Waals surface area (Å²) in [6.45, 7) is 4.77. The maximum absolute atomic E-state index is 13.1. The van der Waals surface area contributed by atoms with Crippen LogP contribution in [-0.4, -0.2) is 44.4 Å². The third kappa shape index (κ3) is 3.29. The normalized spacial score (nSPS) is 26.7. The van der Waals surface area contributed by atoms with Crippen molar-refractivity contribution in [1.29, 1.82) is 0 Å². The summed E-state index contributed by atoms with van der Waals surface area (Å²) in [5.41, 5.74) is 3.13. The van der Waals surface area contributed by atoms with Gasteiger partial charge in [-0.2, -0.15) is 5.10 Å². The first kappa shape index (κ1) is 18.2. The molecular weight excluding hydrogens is 338 g/mol. The molecule has 0 saturated carbocycles. The zero-order valence-corrected chi connectivity index (χ0v) is 16.3. The zero-order valence-electron chi connectivity index (χ0n) is 16.3. The van der Waals surface area contributed by atoms with Gasteiger partial charge in [-0.05, 0) is 51.2 Å². The fourth-order valence-corrected chi connectivity index (χ4v) is 5.32. The molecule has 4 rings (SSSR count). The van der Waals surface area contributed by atoms with Crippen molar-refractivity contribution in [3.05, 3.63) is 53.3 Å². The highest BCUT2D eigenvalue weighted by Crippen LogP contribution is 2.51. The SMILES string of the molecule is Cc1cc(C)n(CCC(=O)N2[C@H]3CC[C@@H]2[C@@](CO)(Cc2ccccc2)C3)n1. The number of aliphatic hydroxyl groups excluding tert-OH is 1. The Kier molecular flexibility index (Phi) is 4.81. The molecule has 2 aliphatic heterocycles. The van der Waals surface area contributed by atoms with Crippen molar-refractivity contribution in [2.75, 3.05) is 6.61 Å². The number of aromatic nitrogens is 2. The van der Waals surface area contributed by atoms with Gasteiger partial charge < -0.3 is 10.0 Å². The average Bonchev–Trinajstić information content (AvgIpc) is 3.31. The molecule has 0 spiro atoms. The number of aryl methyl sites for hydroxylation is 3. The van der Waals surface area contributed by atoms with Crippen LogP contribution in [0, 0.1) is 19.3 Å². The second-order valence-electron chi connectivity index (χ2n) is 8.34. The molecule has 2 aromatic rings. The maximum atomic E-state index is 13.1. The lowest BCUT2D eigenvalue weighted by molar-refractivity contribution is -0.133. The molecule has 2 bridgehead atoms. The third-order valence-corrected chi connectivity index (χ3v) is 6.49. The minimum Gasteiger partial charge on any atom is -0.396 e. The van der Waals surface area contributed by atoms with E-state index in [0.29, 0.717) is 13.0 Å². The fourth-order valence-electron chi connectivity index (χ4n) is 5.32. The molecule has 2 aliphatic rings. The molecule has 5 heteroatoms. The monoisotopic (exact) mass is 367 g/mol. The van der Waals surface area contributed by atoms with Crippen molar-refractivity contribution in [1.82, 2.24) is 14.7 Å². The van der Waals surface area contributed by atoms with Crippen LogP contribution in [0.3, 0.4) is 0 Å². The number of hydrogen-bond donors (Lipinski definition) is 1. The van der Waals surface area contributed by atoms with E-state index in [2.05, 4.69) is 22.1 Å². The van der Waals surface area contributed by atoms with Gasteiger partial charge in [0, 0.05) is 36.2 Å². The van der Waals surface area contributed by atoms with Crippen LogP contribution < -0.4 is 0 Å². The molecule has 144 valence electrons. The van der Waals surface area contributed by atoms with Crippen molar-refractivity contribution in [2.24, 2.45) is 5.41 Å². The Balaban J connectivity index is 1.47. The van der Waals surface area contributed by atoms with E-state index in [1.54, 1.807) is 0 Å². The van der Waals surface area contributed by atoms with Crippen molar-refractivity contribution in [3.8, 4) is 0 Å². The Morgan fingerprint density at radius 2 is 2.04 bits per heavy atom. The van der Waals surface area contributed by atoms with Crippen LogP contribution in [0.5, 0.6) is 0 Å². The minimum absolute atomic E-state index is 0.143. The first-order valence-electron chi connectivity index (χ1n) is 9.99. The summed E-state index contributed by atoms with van der Waals surface area (Å²) < 4.78 is 1.93. The number of nitrogens with zero attached hydrogens (tertiary/aromatic N) is 3. The third-order valence-electron chi connectivity index (χ3n) is 6.49. The summed E-state index contributed by atoms with van der Waals surface area (Å²) >= 11 is 0. The summed E-state index contributed by atoms with van der Waals surface area (Å²) in [6, 6.07) is 12.8. The Hall–Kier alpha value is -2.14. The molecule has 3 heterocycles. The van der Waals surface area contributed by atoms with E-state index in [-0.39, 0.29) is 30.0 Å². The van der Waals surface area contributed by atoms with Gasteiger partial charge in [-0.15, -0.1) is 0 Å². The van der Waals surface area contributed by atoms with Crippen molar-refractivity contribution in [3.63, 3.8) is 0 Å². The minimum atomic E-state index is -0.196. The number of fused-ring (bicyclic) bond motifs is 2. The standard InChI is InChI=1S/C22H29N3O2/c1-16-12-17(2)24(23-16)11-10-21(27)25-19-8-9-20(25)22(14-19,15-26)13-18-6-4-3-5-7-18/h3-7,12,19-20,26H,8-11,13-15H2,1-2H3/t19-,20+,22-/m0/s1. The second-order valence-corrected chi connectivity index (χ2v) is 8.34. The Labute approximate surface area is 161 Å². The molecule has 27 heavy (non-hydrogen) atoms. The van der Waals surface area contributed by atoms with Gasteiger partial charge in [-0.1, -0.05) is 30.3 Å². The largest absolute Gasteiger partial charge is 0.396 e. The van der Waals surface area contributed by atoms with E-state index < -0.39 is 0 Å². The Bertz CT molecular complexity index is 816. The molecule has 3 atom stereocenters. The second kappa shape index (κ2) is 7.12. The number of aliphatic hydroxyl groups is 1. The molecular formula is C22H29N3O2. The first-order chi connectivity index (χ1) is 13.0. The van der Waals surface area contributed by atoms with Crippen molar-refractivity contribution < 1.29 is 9.90 Å². The highest BCUT2D eigenvalue weighted by Gasteiger charge is 2.56. The molecule has 0 aliphatic carbocycles. The maximum Gasteiger partial charge on any atom is 0.224 e. The molecule has 1 amide bonds. The predicted octanol–water partition coefficient (Wildman–Crippen LogP) is 2.87. The number of carbonyl (C=O) groups is 1. The van der Waals surface area contributed by atoms with Gasteiger partial charge >= 0.3 is 0 Å². The zero-order chi connectivity index (χ0) is 19.0. The van der Waals surface area contributed by atoms with Crippen LogP contribution in [0.15, 0.2) is 36.4 Å². The summed E-state index contributed by atoms with van der Waals surface area (Å²) in [7, 11) is 0. The smallest absolute Gasteiger partial charge is 0.224 e. The Morgan fingerprint density at radius 3 is 2.70 bits per heavy atom. The number of benzene rings is 1. The van der Waals surface area contributed by atoms with E-state index >= 15 is 0 Å². The highest BCUT2D eigenvalue weighted by molar-refractivity contribution is 5.78. The van der Waals surface area contributed by atoms with Gasteiger partial charge in [0.1, 0.15) is 0 Å². The van der Waals surface area contributed by atoms with E-state index in [0.717, 1.165) is 37.1 Å². The van der Waals surface area contributed by atoms with Crippen LogP contribution in [0.1, 0.15) is 42.6 Å². The van der Waals surface area contributed by atoms with Crippen LogP contribution in [0.2, 0.25) is 0 Å². The van der Waals surface area contributed by atoms with E-state index in [1.165, 1.54) is 5.56 Å². The quantitative estimate of drug-likeness (QED) is 0.854. The van der Waals surface area contributed by atoms with Gasteiger partial charge in [0.15, 0.2) is 0 Å². The lowest BCUT2D eigenvalue weighted by Gasteiger charge is -2.36. The predicted molar refractivity (Wildman–Crippen MR) is 104 cm³/mol. The lowest BCUT2D eigenvalue weighted by Crippen LogP contribution is -2.44. The molecule has 2 fully saturated rings. The van der Waals surface area contributed by atoms with Crippen LogP contribution in [0.4, 0.5) is 0 Å². The van der Waals surface area contributed by atoms with Gasteiger partial charge in [0.2, 0.25) is 5.91 Å². The number of rotatable bonds is 6. The van der Waals surface area contributed by atoms with Crippen LogP contribution in [-0.2, 0) is 17.8 Å². The van der Waals surface area contributed by atoms with Crippen LogP contribution in [0.25, 0.3) is 0 Å². The number of hydrogen-bond acceptors (Lipinski definition) is 3. The summed E-state index contributed by atoms with van der Waals surface area (Å²) in [4.78, 5) is 15.2. The Morgan fingerprint density at radius 1 is 1.26 bits per heavy atom. The molecule has 1 aromatic heterocycles. The van der Waals surface area contributed by atoms with Crippen molar-refractivity contribution in [2.45, 2.75) is 64.6 Å². The average molecular weight is 367 g/mol. The first-order valence-corrected chi connectivity index (χ1v) is 9.99. The van der Waals surface area contributed by atoms with Gasteiger partial charge in [-0.3, -0.25) is 9.48 Å². The van der Waals surface area contributed by atoms with Gasteiger partial charge in [-0.25, -0.2) is 0 Å². The fraction of sp³-hybridized carbons (Fsp3) is 0.545. The molecule has 0 radical (unpaired) electrons. The summed E-state index contributed by atoms with van der Waals surface area (Å²) in [5, 5.41) is 14.8. The number of amides is 1. The number of carbonyl (C=O) groups excluding carboxylic acids is 1. The molecule has 1 N–H and O–H groups in total.